The molecule has 1 aliphatic heterocycles. The van der Waals surface area contributed by atoms with Crippen molar-refractivity contribution in [2.45, 2.75) is 38.6 Å². The Morgan fingerprint density at radius 2 is 2.24 bits per heavy atom. The molecule has 1 atom stereocenters. The average molecular weight is 290 g/mol. The maximum Gasteiger partial charge on any atom is 0.250 e. The molecule has 1 unspecified atom stereocenters. The lowest BCUT2D eigenvalue weighted by Gasteiger charge is -2.33. The van der Waals surface area contributed by atoms with Gasteiger partial charge in [-0.15, -0.1) is 0 Å². The number of nitrogens with one attached hydrogen (secondary N) is 1. The largest absolute Gasteiger partial charge is 0.397 e. The lowest BCUT2D eigenvalue weighted by atomic mass is 10.0. The summed E-state index contributed by atoms with van der Waals surface area (Å²) in [6.45, 7) is 5.36. The normalized spacial score (nSPS) is 19.4. The molecule has 1 amide bonds. The molecule has 5 N–H and O–H groups in total. The van der Waals surface area contributed by atoms with Gasteiger partial charge in [-0.25, -0.2) is 0 Å². The number of benzene rings is 1. The van der Waals surface area contributed by atoms with E-state index in [0.29, 0.717) is 23.0 Å². The first-order valence-corrected chi connectivity index (χ1v) is 7.76. The number of carbonyl (C=O) groups is 1. The van der Waals surface area contributed by atoms with Gasteiger partial charge in [0.25, 0.3) is 5.91 Å². The molecule has 0 aromatic heterocycles. The molecule has 0 spiro atoms. The highest BCUT2D eigenvalue weighted by molar-refractivity contribution is 6.01. The van der Waals surface area contributed by atoms with Crippen LogP contribution < -0.4 is 16.8 Å². The van der Waals surface area contributed by atoms with E-state index in [1.807, 2.05) is 0 Å². The number of likely N-dealkylation sites (tertiary alicyclic amines) is 1. The Hall–Kier alpha value is -1.75. The van der Waals surface area contributed by atoms with E-state index in [1.54, 1.807) is 18.2 Å². The van der Waals surface area contributed by atoms with Gasteiger partial charge in [-0.2, -0.15) is 0 Å². The Labute approximate surface area is 126 Å². The molecule has 1 heterocycles. The van der Waals surface area contributed by atoms with Gasteiger partial charge in [0, 0.05) is 19.1 Å². The summed E-state index contributed by atoms with van der Waals surface area (Å²) in [6.07, 6.45) is 4.97. The number of anilines is 2. The van der Waals surface area contributed by atoms with Crippen LogP contribution in [0, 0.1) is 0 Å². The van der Waals surface area contributed by atoms with Gasteiger partial charge in [-0.05, 0) is 44.9 Å². The van der Waals surface area contributed by atoms with Crippen LogP contribution >= 0.6 is 0 Å². The molecule has 0 aliphatic carbocycles. The van der Waals surface area contributed by atoms with Crippen LogP contribution in [-0.4, -0.2) is 36.5 Å². The molecule has 5 heteroatoms. The number of hydrogen-bond donors (Lipinski definition) is 3. The van der Waals surface area contributed by atoms with Crippen molar-refractivity contribution in [3.63, 3.8) is 0 Å². The van der Waals surface area contributed by atoms with Crippen LogP contribution in [0.4, 0.5) is 11.4 Å². The molecule has 1 aliphatic rings. The van der Waals surface area contributed by atoms with Crippen LogP contribution in [0.1, 0.15) is 43.0 Å². The topological polar surface area (TPSA) is 84.4 Å². The molecular weight excluding hydrogens is 264 g/mol. The predicted molar refractivity (Wildman–Crippen MR) is 87.4 cm³/mol. The molecule has 0 radical (unpaired) electrons. The maximum absolute atomic E-state index is 11.4. The van der Waals surface area contributed by atoms with Crippen LogP contribution in [0.5, 0.6) is 0 Å². The SMILES string of the molecule is CC1CCCCN1CCCNc1c(N)cccc1C(N)=O. The fourth-order valence-electron chi connectivity index (χ4n) is 2.96. The van der Waals surface area contributed by atoms with Gasteiger partial charge in [0.05, 0.1) is 16.9 Å². The molecule has 2 rings (SSSR count). The number of piperidine rings is 1. The van der Waals surface area contributed by atoms with Crippen LogP contribution in [-0.2, 0) is 0 Å². The first-order chi connectivity index (χ1) is 10.1. The Kier molecular flexibility index (Phi) is 5.44. The van der Waals surface area contributed by atoms with Gasteiger partial charge in [-0.1, -0.05) is 12.5 Å². The fourth-order valence-corrected chi connectivity index (χ4v) is 2.96. The minimum atomic E-state index is -0.450. The number of carbonyl (C=O) groups excluding carboxylic acids is 1. The van der Waals surface area contributed by atoms with Crippen LogP contribution in [0.3, 0.4) is 0 Å². The summed E-state index contributed by atoms with van der Waals surface area (Å²) in [5, 5.41) is 3.26. The molecule has 1 fully saturated rings. The number of hydrogen-bond acceptors (Lipinski definition) is 4. The van der Waals surface area contributed by atoms with Crippen molar-refractivity contribution >= 4 is 17.3 Å². The van der Waals surface area contributed by atoms with E-state index in [2.05, 4.69) is 17.1 Å². The molecule has 1 aromatic rings. The summed E-state index contributed by atoms with van der Waals surface area (Å²) in [6, 6.07) is 5.91. The summed E-state index contributed by atoms with van der Waals surface area (Å²) in [5.41, 5.74) is 13.0. The second-order valence-corrected chi connectivity index (χ2v) is 5.80. The van der Waals surface area contributed by atoms with E-state index in [1.165, 1.54) is 25.8 Å². The van der Waals surface area contributed by atoms with Gasteiger partial charge in [0.15, 0.2) is 0 Å². The Bertz CT molecular complexity index is 489. The van der Waals surface area contributed by atoms with E-state index in [9.17, 15) is 4.79 Å². The highest BCUT2D eigenvalue weighted by Crippen LogP contribution is 2.23. The van der Waals surface area contributed by atoms with Crippen molar-refractivity contribution in [1.29, 1.82) is 0 Å². The zero-order chi connectivity index (χ0) is 15.2. The van der Waals surface area contributed by atoms with Crippen LogP contribution in [0.2, 0.25) is 0 Å². The Morgan fingerprint density at radius 1 is 1.43 bits per heavy atom. The van der Waals surface area contributed by atoms with E-state index in [4.69, 9.17) is 11.5 Å². The van der Waals surface area contributed by atoms with Crippen molar-refractivity contribution in [2.24, 2.45) is 5.73 Å². The average Bonchev–Trinajstić information content (AvgIpc) is 2.46. The molecule has 21 heavy (non-hydrogen) atoms. The number of nitrogens with zero attached hydrogens (tertiary/aromatic N) is 1. The third kappa shape index (κ3) is 4.11. The third-order valence-corrected chi connectivity index (χ3v) is 4.23. The number of nitrogens with two attached hydrogens (primary N) is 2. The van der Waals surface area contributed by atoms with E-state index in [0.717, 1.165) is 19.5 Å². The minimum absolute atomic E-state index is 0.450. The van der Waals surface area contributed by atoms with Crippen molar-refractivity contribution in [2.75, 3.05) is 30.7 Å². The summed E-state index contributed by atoms with van der Waals surface area (Å²) < 4.78 is 0. The van der Waals surface area contributed by atoms with Crippen molar-refractivity contribution in [1.82, 2.24) is 4.90 Å². The highest BCUT2D eigenvalue weighted by atomic mass is 16.1. The van der Waals surface area contributed by atoms with Gasteiger partial charge >= 0.3 is 0 Å². The summed E-state index contributed by atoms with van der Waals surface area (Å²) in [7, 11) is 0. The smallest absolute Gasteiger partial charge is 0.250 e. The standard InChI is InChI=1S/C16H26N4O/c1-12-6-2-3-10-20(12)11-5-9-19-15-13(16(18)21)7-4-8-14(15)17/h4,7-8,12,19H,2-3,5-6,9-11,17H2,1H3,(H2,18,21). The second-order valence-electron chi connectivity index (χ2n) is 5.80. The maximum atomic E-state index is 11.4. The molecule has 0 saturated carbocycles. The molecule has 0 bridgehead atoms. The van der Waals surface area contributed by atoms with Gasteiger partial charge in [-0.3, -0.25) is 4.79 Å². The zero-order valence-corrected chi connectivity index (χ0v) is 12.8. The van der Waals surface area contributed by atoms with E-state index < -0.39 is 5.91 Å². The third-order valence-electron chi connectivity index (χ3n) is 4.23. The van der Waals surface area contributed by atoms with E-state index >= 15 is 0 Å². The van der Waals surface area contributed by atoms with Gasteiger partial charge in [0.2, 0.25) is 0 Å². The molecule has 116 valence electrons. The lowest BCUT2D eigenvalue weighted by molar-refractivity contribution is 0.100. The van der Waals surface area contributed by atoms with Crippen LogP contribution in [0.25, 0.3) is 0 Å². The minimum Gasteiger partial charge on any atom is -0.397 e. The Morgan fingerprint density at radius 3 is 2.95 bits per heavy atom. The first-order valence-electron chi connectivity index (χ1n) is 7.76. The van der Waals surface area contributed by atoms with E-state index in [-0.39, 0.29) is 0 Å². The molecule has 1 aromatic carbocycles. The summed E-state index contributed by atoms with van der Waals surface area (Å²) in [5.74, 6) is -0.450. The number of para-hydroxylation sites is 1. The number of rotatable bonds is 6. The monoisotopic (exact) mass is 290 g/mol. The molecular formula is C16H26N4O. The Balaban J connectivity index is 1.85. The quantitative estimate of drug-likeness (QED) is 0.553. The van der Waals surface area contributed by atoms with Gasteiger partial charge < -0.3 is 21.7 Å². The fraction of sp³-hybridized carbons (Fsp3) is 0.562. The lowest BCUT2D eigenvalue weighted by Crippen LogP contribution is -2.38. The number of primary amides is 1. The van der Waals surface area contributed by atoms with Crippen molar-refractivity contribution < 1.29 is 4.79 Å². The highest BCUT2D eigenvalue weighted by Gasteiger charge is 2.17. The second kappa shape index (κ2) is 7.31. The summed E-state index contributed by atoms with van der Waals surface area (Å²) in [4.78, 5) is 14.0. The predicted octanol–water partition coefficient (Wildman–Crippen LogP) is 2.04. The van der Waals surface area contributed by atoms with Crippen LogP contribution in [0.15, 0.2) is 18.2 Å². The molecule has 1 saturated heterocycles. The van der Waals surface area contributed by atoms with Gasteiger partial charge in [0.1, 0.15) is 0 Å². The first kappa shape index (κ1) is 15.6. The summed E-state index contributed by atoms with van der Waals surface area (Å²) >= 11 is 0. The zero-order valence-electron chi connectivity index (χ0n) is 12.8. The number of amides is 1. The number of nitrogen functional groups attached to an aromatic ring is 1. The van der Waals surface area contributed by atoms with Crippen molar-refractivity contribution in [3.8, 4) is 0 Å². The molecule has 5 nitrogen and oxygen atoms in total. The van der Waals surface area contributed by atoms with Crippen molar-refractivity contribution in [3.05, 3.63) is 23.8 Å².